The number of hydrogen-bond donors (Lipinski definition) is 2. The van der Waals surface area contributed by atoms with Gasteiger partial charge in [0.05, 0.1) is 5.01 Å². The number of nitrogens with zero attached hydrogens (tertiary/aromatic N) is 3. The van der Waals surface area contributed by atoms with Crippen LogP contribution in [0.4, 0.5) is 0 Å². The van der Waals surface area contributed by atoms with E-state index in [2.05, 4.69) is 46.3 Å². The van der Waals surface area contributed by atoms with Crippen molar-refractivity contribution in [2.24, 2.45) is 16.8 Å². The predicted octanol–water partition coefficient (Wildman–Crippen LogP) is 3.54. The lowest BCUT2D eigenvalue weighted by Gasteiger charge is -2.34. The molecule has 2 heterocycles. The number of aryl methyl sites for hydroxylation is 1. The summed E-state index contributed by atoms with van der Waals surface area (Å²) < 4.78 is 0. The highest BCUT2D eigenvalue weighted by Gasteiger charge is 2.20. The third-order valence-corrected chi connectivity index (χ3v) is 5.63. The number of likely N-dealkylation sites (tertiary alicyclic amines) is 1. The Bertz CT molecular complexity index is 524. The lowest BCUT2D eigenvalue weighted by molar-refractivity contribution is 0.139. The van der Waals surface area contributed by atoms with E-state index in [1.54, 1.807) is 11.3 Å². The van der Waals surface area contributed by atoms with E-state index in [0.717, 1.165) is 37.3 Å². The van der Waals surface area contributed by atoms with Crippen LogP contribution in [0.1, 0.15) is 43.0 Å². The maximum atomic E-state index is 4.39. The number of guanidine groups is 1. The smallest absolute Gasteiger partial charge is 0.190 e. The Morgan fingerprint density at radius 3 is 2.54 bits per heavy atom. The van der Waals surface area contributed by atoms with Crippen LogP contribution in [0.25, 0.3) is 0 Å². The molecule has 0 bridgehead atoms. The van der Waals surface area contributed by atoms with E-state index in [1.807, 2.05) is 13.2 Å². The van der Waals surface area contributed by atoms with Crippen LogP contribution >= 0.6 is 35.3 Å². The molecule has 2 atom stereocenters. The molecule has 0 radical (unpaired) electrons. The van der Waals surface area contributed by atoms with Crippen LogP contribution in [0, 0.1) is 18.8 Å². The zero-order valence-electron chi connectivity index (χ0n) is 16.8. The summed E-state index contributed by atoms with van der Waals surface area (Å²) >= 11 is 1.77. The number of hydrogen-bond acceptors (Lipinski definition) is 4. The SMILES string of the molecule is CN=C(NCCCCN1CC(C)CC(C)C1)NCCc1ncc(C)s1.I. The quantitative estimate of drug-likeness (QED) is 0.252. The molecule has 0 aromatic carbocycles. The third kappa shape index (κ3) is 8.99. The first-order chi connectivity index (χ1) is 12.1. The molecule has 0 saturated carbocycles. The highest BCUT2D eigenvalue weighted by Crippen LogP contribution is 2.20. The van der Waals surface area contributed by atoms with Crippen LogP contribution in [0.3, 0.4) is 0 Å². The minimum absolute atomic E-state index is 0. The Balaban J connectivity index is 0.00000338. The van der Waals surface area contributed by atoms with Gasteiger partial charge in [0.1, 0.15) is 0 Å². The van der Waals surface area contributed by atoms with Gasteiger partial charge in [-0.15, -0.1) is 35.3 Å². The summed E-state index contributed by atoms with van der Waals surface area (Å²) in [6.07, 6.45) is 6.72. The number of aromatic nitrogens is 1. The average molecular weight is 494 g/mol. The molecule has 1 saturated heterocycles. The van der Waals surface area contributed by atoms with E-state index >= 15 is 0 Å². The second-order valence-corrected chi connectivity index (χ2v) is 8.77. The summed E-state index contributed by atoms with van der Waals surface area (Å²) in [5.74, 6) is 2.60. The Kier molecular flexibility index (Phi) is 11.7. The fourth-order valence-corrected chi connectivity index (χ4v) is 4.45. The number of halogens is 1. The summed E-state index contributed by atoms with van der Waals surface area (Å²) in [5, 5.41) is 7.98. The maximum absolute atomic E-state index is 4.39. The monoisotopic (exact) mass is 493 g/mol. The molecule has 1 aromatic rings. The van der Waals surface area contributed by atoms with Crippen LogP contribution in [0.15, 0.2) is 11.2 Å². The first-order valence-electron chi connectivity index (χ1n) is 9.65. The largest absolute Gasteiger partial charge is 0.356 e. The van der Waals surface area contributed by atoms with Crippen molar-refractivity contribution < 1.29 is 0 Å². The normalized spacial score (nSPS) is 21.3. The molecule has 1 aliphatic rings. The van der Waals surface area contributed by atoms with Gasteiger partial charge < -0.3 is 15.5 Å². The van der Waals surface area contributed by atoms with Crippen molar-refractivity contribution >= 4 is 41.3 Å². The van der Waals surface area contributed by atoms with Crippen molar-refractivity contribution in [1.29, 1.82) is 0 Å². The molecule has 7 heteroatoms. The van der Waals surface area contributed by atoms with Crippen molar-refractivity contribution in [2.75, 3.05) is 39.8 Å². The van der Waals surface area contributed by atoms with E-state index in [1.165, 1.54) is 48.8 Å². The van der Waals surface area contributed by atoms with Gasteiger partial charge in [0.2, 0.25) is 0 Å². The Hall–Kier alpha value is -0.410. The first kappa shape index (κ1) is 23.6. The molecule has 1 aliphatic heterocycles. The fraction of sp³-hybridized carbons (Fsp3) is 0.789. The second kappa shape index (κ2) is 12.9. The second-order valence-electron chi connectivity index (χ2n) is 7.45. The van der Waals surface area contributed by atoms with E-state index in [-0.39, 0.29) is 24.0 Å². The van der Waals surface area contributed by atoms with Crippen LogP contribution in [-0.4, -0.2) is 55.6 Å². The zero-order valence-corrected chi connectivity index (χ0v) is 19.9. The molecule has 0 aliphatic carbocycles. The fourth-order valence-electron chi connectivity index (χ4n) is 3.67. The lowest BCUT2D eigenvalue weighted by atomic mass is 9.92. The maximum Gasteiger partial charge on any atom is 0.190 e. The van der Waals surface area contributed by atoms with Crippen LogP contribution in [0.2, 0.25) is 0 Å². The number of unbranched alkanes of at least 4 members (excludes halogenated alkanes) is 1. The van der Waals surface area contributed by atoms with E-state index in [0.29, 0.717) is 0 Å². The minimum atomic E-state index is 0. The third-order valence-electron chi connectivity index (χ3n) is 4.66. The van der Waals surface area contributed by atoms with Crippen LogP contribution in [-0.2, 0) is 6.42 Å². The van der Waals surface area contributed by atoms with E-state index < -0.39 is 0 Å². The van der Waals surface area contributed by atoms with Gasteiger partial charge in [0.15, 0.2) is 5.96 Å². The van der Waals surface area contributed by atoms with Gasteiger partial charge in [0, 0.05) is 50.7 Å². The topological polar surface area (TPSA) is 52.6 Å². The van der Waals surface area contributed by atoms with Gasteiger partial charge in [-0.1, -0.05) is 13.8 Å². The minimum Gasteiger partial charge on any atom is -0.356 e. The summed E-state index contributed by atoms with van der Waals surface area (Å²) in [4.78, 5) is 12.6. The summed E-state index contributed by atoms with van der Waals surface area (Å²) in [6.45, 7) is 12.5. The molecule has 0 spiro atoms. The summed E-state index contributed by atoms with van der Waals surface area (Å²) in [6, 6.07) is 0. The molecule has 1 aromatic heterocycles. The van der Waals surface area contributed by atoms with Crippen LogP contribution < -0.4 is 10.6 Å². The van der Waals surface area contributed by atoms with Crippen molar-refractivity contribution in [2.45, 2.75) is 46.5 Å². The summed E-state index contributed by atoms with van der Waals surface area (Å²) in [5.41, 5.74) is 0. The standard InChI is InChI=1S/C19H35N5S.HI/c1-15-11-16(2)14-24(13-15)10-6-5-8-21-19(20-4)22-9-7-18-23-12-17(3)25-18;/h12,15-16H,5-11,13-14H2,1-4H3,(H2,20,21,22);1H. The Labute approximate surface area is 180 Å². The highest BCUT2D eigenvalue weighted by atomic mass is 127. The zero-order chi connectivity index (χ0) is 18.1. The molecule has 2 rings (SSSR count). The lowest BCUT2D eigenvalue weighted by Crippen LogP contribution is -2.40. The van der Waals surface area contributed by atoms with Crippen molar-refractivity contribution in [3.63, 3.8) is 0 Å². The van der Waals surface area contributed by atoms with Gasteiger partial charge in [-0.3, -0.25) is 4.99 Å². The molecule has 0 amide bonds. The molecular formula is C19H36IN5S. The molecule has 150 valence electrons. The van der Waals surface area contributed by atoms with Crippen LogP contribution in [0.5, 0.6) is 0 Å². The van der Waals surface area contributed by atoms with E-state index in [4.69, 9.17) is 0 Å². The number of aliphatic imine (C=N–C) groups is 1. The Morgan fingerprint density at radius 1 is 1.23 bits per heavy atom. The highest BCUT2D eigenvalue weighted by molar-refractivity contribution is 14.0. The Morgan fingerprint density at radius 2 is 1.92 bits per heavy atom. The predicted molar refractivity (Wildman–Crippen MR) is 124 cm³/mol. The molecule has 2 unspecified atom stereocenters. The first-order valence-corrected chi connectivity index (χ1v) is 10.5. The molecule has 26 heavy (non-hydrogen) atoms. The number of nitrogens with one attached hydrogen (secondary N) is 2. The number of rotatable bonds is 8. The van der Waals surface area contributed by atoms with Gasteiger partial charge in [-0.2, -0.15) is 0 Å². The van der Waals surface area contributed by atoms with Gasteiger partial charge >= 0.3 is 0 Å². The average Bonchev–Trinajstić information content (AvgIpc) is 2.97. The van der Waals surface area contributed by atoms with Gasteiger partial charge in [0.25, 0.3) is 0 Å². The van der Waals surface area contributed by atoms with E-state index in [9.17, 15) is 0 Å². The van der Waals surface area contributed by atoms with Gasteiger partial charge in [-0.25, -0.2) is 4.98 Å². The molecule has 5 nitrogen and oxygen atoms in total. The van der Waals surface area contributed by atoms with Gasteiger partial charge in [-0.05, 0) is 44.6 Å². The number of piperidine rings is 1. The van der Waals surface area contributed by atoms with Crippen molar-refractivity contribution in [3.8, 4) is 0 Å². The van der Waals surface area contributed by atoms with Crippen molar-refractivity contribution in [1.82, 2.24) is 20.5 Å². The number of thiazole rings is 1. The molecule has 2 N–H and O–H groups in total. The summed E-state index contributed by atoms with van der Waals surface area (Å²) in [7, 11) is 1.83. The molecule has 1 fully saturated rings. The molecular weight excluding hydrogens is 457 g/mol. The van der Waals surface area contributed by atoms with Crippen molar-refractivity contribution in [3.05, 3.63) is 16.1 Å².